The molecule has 0 radical (unpaired) electrons. The molecule has 2 rings (SSSR count). The van der Waals surface area contributed by atoms with Gasteiger partial charge in [-0.05, 0) is 49.7 Å². The lowest BCUT2D eigenvalue weighted by atomic mass is 9.81. The highest BCUT2D eigenvalue weighted by atomic mass is 16.5. The maximum absolute atomic E-state index is 12.7. The molecule has 0 aliphatic rings. The van der Waals surface area contributed by atoms with Gasteiger partial charge >= 0.3 is 5.97 Å². The highest BCUT2D eigenvalue weighted by molar-refractivity contribution is 6.01. The second kappa shape index (κ2) is 12.2. The summed E-state index contributed by atoms with van der Waals surface area (Å²) in [5.74, 6) is 0.438. The molecule has 2 aromatic rings. The molecule has 7 nitrogen and oxygen atoms in total. The van der Waals surface area contributed by atoms with Crippen molar-refractivity contribution in [2.24, 2.45) is 5.41 Å². The third-order valence-corrected chi connectivity index (χ3v) is 5.48. The number of benzene rings is 2. The molecule has 1 N–H and O–H groups in total. The lowest BCUT2D eigenvalue weighted by Crippen LogP contribution is -2.28. The Morgan fingerprint density at radius 1 is 0.971 bits per heavy atom. The van der Waals surface area contributed by atoms with Crippen LogP contribution in [0.1, 0.15) is 73.2 Å². The Hall–Kier alpha value is -3.35. The van der Waals surface area contributed by atoms with Crippen LogP contribution in [0, 0.1) is 5.41 Å². The summed E-state index contributed by atoms with van der Waals surface area (Å²) in [7, 11) is 1.30. The number of ketones is 2. The highest BCUT2D eigenvalue weighted by Crippen LogP contribution is 2.33. The number of ether oxygens (including phenoxy) is 3. The first kappa shape index (κ1) is 26.9. The monoisotopic (exact) mass is 470 g/mol. The Kier molecular flexibility index (Phi) is 9.66. The second-order valence-electron chi connectivity index (χ2n) is 8.79. The zero-order chi connectivity index (χ0) is 25.3. The number of carbonyl (C=O) groups is 3. The summed E-state index contributed by atoms with van der Waals surface area (Å²) in [5, 5.41) is 10.4. The van der Waals surface area contributed by atoms with Crippen LogP contribution in [0.15, 0.2) is 36.4 Å². The summed E-state index contributed by atoms with van der Waals surface area (Å²) >= 11 is 0. The van der Waals surface area contributed by atoms with Crippen molar-refractivity contribution >= 4 is 17.5 Å². The predicted molar refractivity (Wildman–Crippen MR) is 129 cm³/mol. The summed E-state index contributed by atoms with van der Waals surface area (Å²) in [4.78, 5) is 36.0. The molecule has 0 bridgehead atoms. The summed E-state index contributed by atoms with van der Waals surface area (Å²) < 4.78 is 16.3. The van der Waals surface area contributed by atoms with Crippen molar-refractivity contribution < 1.29 is 33.7 Å². The first-order chi connectivity index (χ1) is 16.1. The summed E-state index contributed by atoms with van der Waals surface area (Å²) in [5.41, 5.74) is 0.587. The average Bonchev–Trinajstić information content (AvgIpc) is 2.80. The van der Waals surface area contributed by atoms with Crippen molar-refractivity contribution in [1.82, 2.24) is 0 Å². The van der Waals surface area contributed by atoms with Crippen molar-refractivity contribution in [2.45, 2.75) is 53.4 Å². The maximum Gasteiger partial charge on any atom is 0.306 e. The molecular weight excluding hydrogens is 436 g/mol. The predicted octanol–water partition coefficient (Wildman–Crippen LogP) is 5.17. The smallest absolute Gasteiger partial charge is 0.306 e. The maximum atomic E-state index is 12.7. The molecule has 0 heterocycles. The van der Waals surface area contributed by atoms with Gasteiger partial charge in [0.05, 0.1) is 32.3 Å². The molecule has 0 saturated carbocycles. The van der Waals surface area contributed by atoms with Gasteiger partial charge < -0.3 is 19.3 Å². The fraction of sp³-hybridized carbons (Fsp3) is 0.444. The first-order valence-corrected chi connectivity index (χ1v) is 11.4. The van der Waals surface area contributed by atoms with Gasteiger partial charge in [0.15, 0.2) is 11.6 Å². The molecule has 0 spiro atoms. The minimum atomic E-state index is -0.861. The van der Waals surface area contributed by atoms with Crippen molar-refractivity contribution in [3.8, 4) is 17.2 Å². The molecule has 0 amide bonds. The Labute approximate surface area is 201 Å². The van der Waals surface area contributed by atoms with Gasteiger partial charge in [-0.2, -0.15) is 0 Å². The molecule has 0 aromatic heterocycles. The first-order valence-electron chi connectivity index (χ1n) is 11.4. The van der Waals surface area contributed by atoms with Crippen LogP contribution in [0.25, 0.3) is 0 Å². The third kappa shape index (κ3) is 7.07. The molecule has 34 heavy (non-hydrogen) atoms. The molecule has 2 aromatic carbocycles. The standard InChI is InChI=1S/C27H34O7/c1-6-8-22-23(14-13-21(18(2)28)25(22)30)34-16-7-15-33-20-11-9-19(10-12-20)26(31)27(3,4)17-24(29)32-5/h9-14,30H,6-8,15-17H2,1-5H3. The fourth-order valence-corrected chi connectivity index (χ4v) is 3.57. The van der Waals surface area contributed by atoms with Gasteiger partial charge in [0.25, 0.3) is 0 Å². The number of carbonyl (C=O) groups excluding carboxylic acids is 3. The van der Waals surface area contributed by atoms with Gasteiger partial charge in [0.2, 0.25) is 0 Å². The SMILES string of the molecule is CCCc1c(OCCCOc2ccc(C(=O)C(C)(C)CC(=O)OC)cc2)ccc(C(C)=O)c1O. The molecule has 0 aliphatic carbocycles. The number of phenols is 1. The van der Waals surface area contributed by atoms with Crippen LogP contribution in [0.4, 0.5) is 0 Å². The van der Waals surface area contributed by atoms with Crippen LogP contribution < -0.4 is 9.47 Å². The van der Waals surface area contributed by atoms with Gasteiger partial charge in [0, 0.05) is 23.0 Å². The van der Waals surface area contributed by atoms with E-state index in [4.69, 9.17) is 9.47 Å². The van der Waals surface area contributed by atoms with Crippen molar-refractivity contribution in [1.29, 1.82) is 0 Å². The van der Waals surface area contributed by atoms with Crippen LogP contribution >= 0.6 is 0 Å². The van der Waals surface area contributed by atoms with E-state index in [9.17, 15) is 19.5 Å². The fourth-order valence-electron chi connectivity index (χ4n) is 3.57. The van der Waals surface area contributed by atoms with E-state index in [1.807, 2.05) is 6.92 Å². The quantitative estimate of drug-likeness (QED) is 0.245. The van der Waals surface area contributed by atoms with Gasteiger partial charge in [-0.25, -0.2) is 0 Å². The lowest BCUT2D eigenvalue weighted by molar-refractivity contribution is -0.142. The third-order valence-electron chi connectivity index (χ3n) is 5.48. The van der Waals surface area contributed by atoms with Crippen LogP contribution in [0.5, 0.6) is 17.2 Å². The van der Waals surface area contributed by atoms with Gasteiger partial charge in [-0.15, -0.1) is 0 Å². The minimum absolute atomic E-state index is 0.00694. The Balaban J connectivity index is 1.88. The van der Waals surface area contributed by atoms with E-state index in [0.29, 0.717) is 54.2 Å². The molecular formula is C27H34O7. The van der Waals surface area contributed by atoms with Crippen LogP contribution in [-0.4, -0.2) is 43.0 Å². The van der Waals surface area contributed by atoms with Crippen molar-refractivity contribution in [2.75, 3.05) is 20.3 Å². The van der Waals surface area contributed by atoms with Crippen molar-refractivity contribution in [3.05, 3.63) is 53.1 Å². The molecule has 7 heteroatoms. The number of hydrogen-bond acceptors (Lipinski definition) is 7. The van der Waals surface area contributed by atoms with Gasteiger partial charge in [-0.3, -0.25) is 14.4 Å². The Morgan fingerprint density at radius 3 is 2.21 bits per heavy atom. The van der Waals surface area contributed by atoms with Gasteiger partial charge in [-0.1, -0.05) is 27.2 Å². The number of esters is 1. The van der Waals surface area contributed by atoms with E-state index in [1.54, 1.807) is 50.2 Å². The number of phenolic OH excluding ortho intramolecular Hbond substituents is 1. The van der Waals surface area contributed by atoms with E-state index in [1.165, 1.54) is 14.0 Å². The summed E-state index contributed by atoms with van der Waals surface area (Å²) in [6, 6.07) is 10.1. The summed E-state index contributed by atoms with van der Waals surface area (Å²) in [6.45, 7) is 7.65. The number of rotatable bonds is 13. The molecule has 0 saturated heterocycles. The molecule has 184 valence electrons. The normalized spacial score (nSPS) is 11.1. The topological polar surface area (TPSA) is 99.1 Å². The van der Waals surface area contributed by atoms with Crippen LogP contribution in [0.2, 0.25) is 0 Å². The molecule has 0 unspecified atom stereocenters. The van der Waals surface area contributed by atoms with E-state index >= 15 is 0 Å². The number of methoxy groups -OCH3 is 1. The van der Waals surface area contributed by atoms with Crippen molar-refractivity contribution in [3.63, 3.8) is 0 Å². The zero-order valence-electron chi connectivity index (χ0n) is 20.6. The Morgan fingerprint density at radius 2 is 1.62 bits per heavy atom. The van der Waals surface area contributed by atoms with E-state index in [-0.39, 0.29) is 23.7 Å². The van der Waals surface area contributed by atoms with E-state index in [2.05, 4.69) is 4.74 Å². The summed E-state index contributed by atoms with van der Waals surface area (Å²) in [6.07, 6.45) is 2.04. The van der Waals surface area contributed by atoms with Crippen LogP contribution in [0.3, 0.4) is 0 Å². The van der Waals surface area contributed by atoms with Gasteiger partial charge in [0.1, 0.15) is 17.2 Å². The molecule has 0 fully saturated rings. The molecule has 0 aliphatic heterocycles. The number of Topliss-reactive ketones (excluding diaryl/α,β-unsaturated/α-hetero) is 2. The Bertz CT molecular complexity index is 1010. The van der Waals surface area contributed by atoms with Crippen LogP contribution in [-0.2, 0) is 16.0 Å². The largest absolute Gasteiger partial charge is 0.507 e. The average molecular weight is 471 g/mol. The zero-order valence-corrected chi connectivity index (χ0v) is 20.6. The van der Waals surface area contributed by atoms with E-state index < -0.39 is 11.4 Å². The highest BCUT2D eigenvalue weighted by Gasteiger charge is 2.31. The molecule has 0 atom stereocenters. The minimum Gasteiger partial charge on any atom is -0.507 e. The number of aromatic hydroxyl groups is 1. The second-order valence-corrected chi connectivity index (χ2v) is 8.79. The lowest BCUT2D eigenvalue weighted by Gasteiger charge is -2.21. The number of hydrogen-bond donors (Lipinski definition) is 1. The van der Waals surface area contributed by atoms with E-state index in [0.717, 1.165) is 6.42 Å².